The van der Waals surface area contributed by atoms with Crippen LogP contribution in [-0.4, -0.2) is 114 Å². The van der Waals surface area contributed by atoms with Gasteiger partial charge in [-0.15, -0.1) is 0 Å². The summed E-state index contributed by atoms with van der Waals surface area (Å²) >= 11 is 0. The monoisotopic (exact) mass is 714 g/mol. The maximum atomic E-state index is 14.3. The highest BCUT2D eigenvalue weighted by atomic mass is 16.3. The van der Waals surface area contributed by atoms with Gasteiger partial charge in [0.2, 0.25) is 29.5 Å². The predicted octanol–water partition coefficient (Wildman–Crippen LogP) is 0.267. The molecule has 0 aliphatic carbocycles. The number of aliphatic hydroxyl groups is 1. The molecule has 2 aliphatic heterocycles. The molecule has 0 bridgehead atoms. The van der Waals surface area contributed by atoms with Gasteiger partial charge in [-0.25, -0.2) is 4.98 Å². The molecule has 5 amide bonds. The fourth-order valence-electron chi connectivity index (χ4n) is 6.52. The summed E-state index contributed by atoms with van der Waals surface area (Å²) in [7, 11) is 0. The van der Waals surface area contributed by atoms with Gasteiger partial charge < -0.3 is 45.5 Å². The summed E-state index contributed by atoms with van der Waals surface area (Å²) in [5, 5.41) is 26.9. The molecule has 0 radical (unpaired) electrons. The average Bonchev–Trinajstić information content (AvgIpc) is 3.85. The molecule has 5 atom stereocenters. The van der Waals surface area contributed by atoms with Gasteiger partial charge in [0.1, 0.15) is 30.5 Å². The van der Waals surface area contributed by atoms with E-state index in [1.165, 1.54) is 16.7 Å². The minimum atomic E-state index is -1.13. The average molecular weight is 715 g/mol. The smallest absolute Gasteiger partial charge is 0.290 e. The first-order valence-electron chi connectivity index (χ1n) is 16.8. The van der Waals surface area contributed by atoms with Crippen molar-refractivity contribution in [3.05, 3.63) is 90.1 Å². The Morgan fingerprint density at radius 2 is 1.69 bits per heavy atom. The molecule has 2 aromatic carbocycles. The molecule has 6 N–H and O–H groups in total. The second kappa shape index (κ2) is 16.8. The van der Waals surface area contributed by atoms with Gasteiger partial charge in [-0.2, -0.15) is 0 Å². The van der Waals surface area contributed by atoms with Crippen LogP contribution in [0.15, 0.2) is 73.2 Å². The van der Waals surface area contributed by atoms with Crippen LogP contribution in [0.5, 0.6) is 0 Å². The summed E-state index contributed by atoms with van der Waals surface area (Å²) in [5.74, 6) is -2.07. The molecule has 2 aromatic heterocycles. The Hall–Kier alpha value is -6.03. The third-order valence-corrected chi connectivity index (χ3v) is 9.19. The van der Waals surface area contributed by atoms with Gasteiger partial charge in [0.25, 0.3) is 6.47 Å². The quantitative estimate of drug-likeness (QED) is 0.156. The summed E-state index contributed by atoms with van der Waals surface area (Å²) in [4.78, 5) is 87.5. The molecule has 2 fully saturated rings. The summed E-state index contributed by atoms with van der Waals surface area (Å²) < 4.78 is 1.66. The van der Waals surface area contributed by atoms with E-state index >= 15 is 0 Å². The van der Waals surface area contributed by atoms with E-state index in [4.69, 9.17) is 9.90 Å². The van der Waals surface area contributed by atoms with E-state index < -0.39 is 66.4 Å². The predicted molar refractivity (Wildman–Crippen MR) is 187 cm³/mol. The maximum absolute atomic E-state index is 14.3. The second-order valence-electron chi connectivity index (χ2n) is 12.8. The summed E-state index contributed by atoms with van der Waals surface area (Å²) in [6.45, 7) is 2.33. The first-order valence-corrected chi connectivity index (χ1v) is 16.8. The molecular formula is C36H42N8O8. The number of carbonyl (C=O) groups is 6. The van der Waals surface area contributed by atoms with Crippen LogP contribution in [0, 0.1) is 6.92 Å². The number of aliphatic hydroxyl groups excluding tert-OH is 1. The van der Waals surface area contributed by atoms with Crippen LogP contribution in [0.3, 0.4) is 0 Å². The lowest BCUT2D eigenvalue weighted by atomic mass is 10.0. The summed E-state index contributed by atoms with van der Waals surface area (Å²) in [6, 6.07) is 12.6. The number of aryl methyl sites for hydroxylation is 1. The molecule has 52 heavy (non-hydrogen) atoms. The molecule has 2 saturated heterocycles. The zero-order chi connectivity index (χ0) is 37.4. The van der Waals surface area contributed by atoms with E-state index in [1.54, 1.807) is 54.3 Å². The topological polar surface area (TPSA) is 219 Å². The van der Waals surface area contributed by atoms with Gasteiger partial charge in [-0.1, -0.05) is 48.5 Å². The van der Waals surface area contributed by atoms with Gasteiger partial charge in [0.05, 0.1) is 18.7 Å². The Morgan fingerprint density at radius 1 is 0.981 bits per heavy atom. The highest BCUT2D eigenvalue weighted by molar-refractivity contribution is 5.96. The van der Waals surface area contributed by atoms with Crippen molar-refractivity contribution in [2.75, 3.05) is 19.6 Å². The standard InChI is InChI=1S/C35H40N8O6.CH2O2/c1-21-33(47)40-29(23-8-4-3-5-9-23)18-42(32(46)20-41-13-12-36-22(41)2)19-31(45)39-28(14-24-16-37-27-11-7-6-10-26(24)27)35(49)43-17-25(44)15-30(43)34(48)38-21;2-1-3/h3-13,16,21,25,28-30,37,44H,14-15,17-20H2,1-2H3,(H,38,48)(H,39,45)(H,40,47);1H,(H,2,3)/t21-,25+,28+,29-,30-;/m0./s1. The molecule has 6 rings (SSSR count). The molecule has 16 nitrogen and oxygen atoms in total. The van der Waals surface area contributed by atoms with E-state index in [-0.39, 0.29) is 38.9 Å². The van der Waals surface area contributed by atoms with Gasteiger partial charge in [0.15, 0.2) is 0 Å². The SMILES string of the molecule is Cc1nccn1CC(=O)N1CC(=O)N[C@H](Cc2c[nH]c3ccccc23)C(=O)N2C[C@H](O)C[C@H]2C(=O)N[C@@H](C)C(=O)N[C@H](c2ccccc2)C1.O=CO. The van der Waals surface area contributed by atoms with Gasteiger partial charge >= 0.3 is 0 Å². The molecule has 0 unspecified atom stereocenters. The van der Waals surface area contributed by atoms with Crippen LogP contribution >= 0.6 is 0 Å². The first kappa shape index (κ1) is 37.2. The second-order valence-corrected chi connectivity index (χ2v) is 12.8. The number of nitrogens with zero attached hydrogens (tertiary/aromatic N) is 4. The number of rotatable bonds is 5. The Labute approximate surface area is 299 Å². The van der Waals surface area contributed by atoms with E-state index in [0.717, 1.165) is 16.5 Å². The van der Waals surface area contributed by atoms with Gasteiger partial charge in [-0.3, -0.25) is 28.8 Å². The number of carboxylic acid groups (broad SMARTS) is 1. The molecule has 16 heteroatoms. The van der Waals surface area contributed by atoms with Crippen molar-refractivity contribution >= 4 is 46.9 Å². The summed E-state index contributed by atoms with van der Waals surface area (Å²) in [5.41, 5.74) is 2.31. The number of nitrogens with one attached hydrogen (secondary N) is 4. The van der Waals surface area contributed by atoms with Crippen LogP contribution in [0.25, 0.3) is 10.9 Å². The van der Waals surface area contributed by atoms with E-state index in [1.807, 2.05) is 30.3 Å². The maximum Gasteiger partial charge on any atom is 0.290 e. The van der Waals surface area contributed by atoms with E-state index in [0.29, 0.717) is 11.4 Å². The number of amides is 5. The van der Waals surface area contributed by atoms with Crippen molar-refractivity contribution in [3.8, 4) is 0 Å². The van der Waals surface area contributed by atoms with E-state index in [9.17, 15) is 29.1 Å². The van der Waals surface area contributed by atoms with Crippen LogP contribution in [0.2, 0.25) is 0 Å². The third-order valence-electron chi connectivity index (χ3n) is 9.19. The molecule has 2 aliphatic rings. The Kier molecular flexibility index (Phi) is 12.0. The van der Waals surface area contributed by atoms with Crippen molar-refractivity contribution in [1.82, 2.24) is 40.3 Å². The van der Waals surface area contributed by atoms with Crippen LogP contribution in [0.1, 0.15) is 36.3 Å². The largest absolute Gasteiger partial charge is 0.483 e. The number of carbonyl (C=O) groups excluding carboxylic acids is 5. The Bertz CT molecular complexity index is 1910. The number of aromatic amines is 1. The Morgan fingerprint density at radius 3 is 2.40 bits per heavy atom. The van der Waals surface area contributed by atoms with E-state index in [2.05, 4.69) is 25.9 Å². The molecule has 4 heterocycles. The van der Waals surface area contributed by atoms with Crippen molar-refractivity contribution in [1.29, 1.82) is 0 Å². The normalized spacial score (nSPS) is 22.9. The number of imidazole rings is 1. The lowest BCUT2D eigenvalue weighted by Gasteiger charge is -2.30. The molecule has 0 saturated carbocycles. The minimum absolute atomic E-state index is 0.0255. The number of aromatic nitrogens is 3. The highest BCUT2D eigenvalue weighted by Gasteiger charge is 2.42. The molecule has 0 spiro atoms. The zero-order valence-electron chi connectivity index (χ0n) is 28.8. The first-order chi connectivity index (χ1) is 25.0. The van der Waals surface area contributed by atoms with Crippen molar-refractivity contribution in [3.63, 3.8) is 0 Å². The number of benzene rings is 2. The lowest BCUT2D eigenvalue weighted by molar-refractivity contribution is -0.142. The minimum Gasteiger partial charge on any atom is -0.483 e. The fourth-order valence-corrected chi connectivity index (χ4v) is 6.52. The number of hydrogen-bond donors (Lipinski definition) is 6. The summed E-state index contributed by atoms with van der Waals surface area (Å²) in [6.07, 6.45) is 4.10. The van der Waals surface area contributed by atoms with Crippen LogP contribution < -0.4 is 16.0 Å². The fraction of sp³-hybridized carbons (Fsp3) is 0.361. The number of hydrogen-bond acceptors (Lipinski definition) is 8. The number of fused-ring (bicyclic) bond motifs is 2. The molecule has 274 valence electrons. The van der Waals surface area contributed by atoms with Crippen LogP contribution in [-0.2, 0) is 41.7 Å². The molecule has 4 aromatic rings. The Balaban J connectivity index is 0.00000168. The highest BCUT2D eigenvalue weighted by Crippen LogP contribution is 2.24. The third kappa shape index (κ3) is 8.81. The number of para-hydroxylation sites is 1. The van der Waals surface area contributed by atoms with Crippen molar-refractivity contribution in [2.45, 2.75) is 63.5 Å². The van der Waals surface area contributed by atoms with Gasteiger partial charge in [0, 0.05) is 55.4 Å². The van der Waals surface area contributed by atoms with Crippen molar-refractivity contribution < 1.29 is 39.0 Å². The van der Waals surface area contributed by atoms with Crippen LogP contribution in [0.4, 0.5) is 0 Å². The lowest BCUT2D eigenvalue weighted by Crippen LogP contribution is -2.56. The zero-order valence-corrected chi connectivity index (χ0v) is 28.8. The van der Waals surface area contributed by atoms with Gasteiger partial charge in [-0.05, 0) is 31.0 Å². The number of H-pyrrole nitrogens is 1. The molecular weight excluding hydrogens is 672 g/mol. The van der Waals surface area contributed by atoms with Crippen molar-refractivity contribution in [2.24, 2.45) is 0 Å².